The molecule has 2 fully saturated rings. The summed E-state index contributed by atoms with van der Waals surface area (Å²) in [7, 11) is 0. The minimum Gasteiger partial charge on any atom is -0.390 e. The van der Waals surface area contributed by atoms with Crippen molar-refractivity contribution in [2.24, 2.45) is 11.8 Å². The van der Waals surface area contributed by atoms with E-state index in [2.05, 4.69) is 22.3 Å². The Hall–Kier alpha value is -1.55. The lowest BCUT2D eigenvalue weighted by atomic mass is 9.77. The zero-order valence-electron chi connectivity index (χ0n) is 18.5. The number of aliphatic hydroxyl groups is 1. The number of rotatable bonds is 5. The quantitative estimate of drug-likeness (QED) is 0.661. The van der Waals surface area contributed by atoms with E-state index in [0.29, 0.717) is 18.3 Å². The van der Waals surface area contributed by atoms with Gasteiger partial charge in [0, 0.05) is 30.9 Å². The Balaban J connectivity index is 1.49. The summed E-state index contributed by atoms with van der Waals surface area (Å²) in [6, 6.07) is 8.37. The van der Waals surface area contributed by atoms with Crippen molar-refractivity contribution in [2.75, 3.05) is 23.3 Å². The second-order valence-electron chi connectivity index (χ2n) is 9.78. The first-order valence-corrected chi connectivity index (χ1v) is 11.8. The van der Waals surface area contributed by atoms with Gasteiger partial charge in [0.1, 0.15) is 0 Å². The van der Waals surface area contributed by atoms with E-state index in [9.17, 15) is 9.90 Å². The van der Waals surface area contributed by atoms with Gasteiger partial charge in [-0.2, -0.15) is 0 Å². The molecule has 1 aromatic rings. The van der Waals surface area contributed by atoms with Crippen LogP contribution in [0.4, 0.5) is 11.4 Å². The van der Waals surface area contributed by atoms with E-state index in [-0.39, 0.29) is 5.91 Å². The number of nitrogens with zero attached hydrogens (tertiary/aromatic N) is 1. The molecule has 0 bridgehead atoms. The first-order chi connectivity index (χ1) is 13.9. The lowest BCUT2D eigenvalue weighted by Gasteiger charge is -2.32. The standard InChI is InChI=1S/C25H40N2O2/c1-25(2,29)21-10-6-5-9-20(11-12-21)19-24(28)26-22-13-15-23(16-14-22)27-17-7-3-4-8-18-27/h13-16,20-21,29H,3-12,17-19H2,1-2H3,(H,26,28). The van der Waals surface area contributed by atoms with Crippen molar-refractivity contribution in [3.8, 4) is 0 Å². The highest BCUT2D eigenvalue weighted by atomic mass is 16.3. The fourth-order valence-electron chi connectivity index (χ4n) is 5.02. The maximum atomic E-state index is 12.6. The Morgan fingerprint density at radius 1 is 0.966 bits per heavy atom. The first-order valence-electron chi connectivity index (χ1n) is 11.8. The van der Waals surface area contributed by atoms with Crippen LogP contribution in [0.3, 0.4) is 0 Å². The molecular weight excluding hydrogens is 360 g/mol. The molecule has 1 aliphatic heterocycles. The molecule has 3 rings (SSSR count). The molecule has 4 nitrogen and oxygen atoms in total. The number of amides is 1. The second kappa shape index (κ2) is 10.5. The molecule has 0 aromatic heterocycles. The molecule has 2 N–H and O–H groups in total. The molecule has 1 aromatic carbocycles. The van der Waals surface area contributed by atoms with Gasteiger partial charge in [0.2, 0.25) is 5.91 Å². The van der Waals surface area contributed by atoms with E-state index in [1.807, 2.05) is 26.0 Å². The van der Waals surface area contributed by atoms with Crippen molar-refractivity contribution in [3.05, 3.63) is 24.3 Å². The normalized spacial score (nSPS) is 24.3. The largest absolute Gasteiger partial charge is 0.390 e. The predicted octanol–water partition coefficient (Wildman–Crippen LogP) is 5.75. The van der Waals surface area contributed by atoms with Gasteiger partial charge in [-0.3, -0.25) is 4.79 Å². The van der Waals surface area contributed by atoms with E-state index >= 15 is 0 Å². The van der Waals surface area contributed by atoms with Gasteiger partial charge in [-0.1, -0.05) is 25.7 Å². The molecule has 162 valence electrons. The average molecular weight is 401 g/mol. The summed E-state index contributed by atoms with van der Waals surface area (Å²) in [5.41, 5.74) is 1.55. The van der Waals surface area contributed by atoms with E-state index in [0.717, 1.165) is 57.3 Å². The van der Waals surface area contributed by atoms with Gasteiger partial charge in [0.15, 0.2) is 0 Å². The molecule has 4 heteroatoms. The SMILES string of the molecule is CC(C)(O)C1CCCCC(CC(=O)Nc2ccc(N3CCCCCC3)cc2)CC1. The molecule has 2 atom stereocenters. The van der Waals surface area contributed by atoms with Crippen LogP contribution < -0.4 is 10.2 Å². The van der Waals surface area contributed by atoms with Crippen molar-refractivity contribution < 1.29 is 9.90 Å². The molecule has 2 aliphatic rings. The number of hydrogen-bond acceptors (Lipinski definition) is 3. The summed E-state index contributed by atoms with van der Waals surface area (Å²) < 4.78 is 0. The minimum atomic E-state index is -0.612. The molecule has 1 heterocycles. The molecule has 1 amide bonds. The third-order valence-electron chi connectivity index (χ3n) is 6.93. The van der Waals surface area contributed by atoms with Crippen LogP contribution in [0.1, 0.15) is 84.5 Å². The number of hydrogen-bond donors (Lipinski definition) is 2. The smallest absolute Gasteiger partial charge is 0.224 e. The molecule has 1 saturated heterocycles. The van der Waals surface area contributed by atoms with Crippen molar-refractivity contribution in [1.82, 2.24) is 0 Å². The van der Waals surface area contributed by atoms with Crippen LogP contribution in [0.25, 0.3) is 0 Å². The van der Waals surface area contributed by atoms with Crippen molar-refractivity contribution in [3.63, 3.8) is 0 Å². The second-order valence-corrected chi connectivity index (χ2v) is 9.78. The average Bonchev–Trinajstić information content (AvgIpc) is 2.93. The highest BCUT2D eigenvalue weighted by Crippen LogP contribution is 2.34. The van der Waals surface area contributed by atoms with Crippen LogP contribution in [-0.4, -0.2) is 29.7 Å². The maximum Gasteiger partial charge on any atom is 0.224 e. The Morgan fingerprint density at radius 3 is 2.28 bits per heavy atom. The summed E-state index contributed by atoms with van der Waals surface area (Å²) in [5, 5.41) is 13.5. The Bertz CT molecular complexity index is 627. The lowest BCUT2D eigenvalue weighted by molar-refractivity contribution is -0.117. The number of nitrogens with one attached hydrogen (secondary N) is 1. The predicted molar refractivity (Wildman–Crippen MR) is 121 cm³/mol. The molecule has 29 heavy (non-hydrogen) atoms. The fraction of sp³-hybridized carbons (Fsp3) is 0.720. The summed E-state index contributed by atoms with van der Waals surface area (Å²) in [5.74, 6) is 0.898. The third kappa shape index (κ3) is 7.02. The van der Waals surface area contributed by atoms with Crippen molar-refractivity contribution in [1.29, 1.82) is 0 Å². The van der Waals surface area contributed by atoms with Crippen molar-refractivity contribution in [2.45, 2.75) is 90.1 Å². The van der Waals surface area contributed by atoms with Gasteiger partial charge in [-0.25, -0.2) is 0 Å². The van der Waals surface area contributed by atoms with Gasteiger partial charge in [0.25, 0.3) is 0 Å². The molecule has 1 saturated carbocycles. The number of benzene rings is 1. The summed E-state index contributed by atoms with van der Waals surface area (Å²) >= 11 is 0. The van der Waals surface area contributed by atoms with E-state index in [1.165, 1.54) is 31.4 Å². The van der Waals surface area contributed by atoms with Crippen LogP contribution in [0, 0.1) is 11.8 Å². The highest BCUT2D eigenvalue weighted by molar-refractivity contribution is 5.91. The Kier molecular flexibility index (Phi) is 7.99. The fourth-order valence-corrected chi connectivity index (χ4v) is 5.02. The zero-order chi connectivity index (χ0) is 20.7. The molecular formula is C25H40N2O2. The summed E-state index contributed by atoms with van der Waals surface area (Å²) in [4.78, 5) is 15.1. The maximum absolute atomic E-state index is 12.6. The van der Waals surface area contributed by atoms with Gasteiger partial charge in [-0.15, -0.1) is 0 Å². The highest BCUT2D eigenvalue weighted by Gasteiger charge is 2.29. The van der Waals surface area contributed by atoms with Crippen LogP contribution >= 0.6 is 0 Å². The van der Waals surface area contributed by atoms with Crippen LogP contribution in [0.5, 0.6) is 0 Å². The number of carbonyl (C=O) groups excluding carboxylic acids is 1. The Labute approximate surface area is 177 Å². The summed E-state index contributed by atoms with van der Waals surface area (Å²) in [6.45, 7) is 6.13. The zero-order valence-corrected chi connectivity index (χ0v) is 18.5. The van der Waals surface area contributed by atoms with E-state index in [1.54, 1.807) is 0 Å². The Morgan fingerprint density at radius 2 is 1.62 bits per heavy atom. The van der Waals surface area contributed by atoms with E-state index in [4.69, 9.17) is 0 Å². The number of anilines is 2. The van der Waals surface area contributed by atoms with Crippen molar-refractivity contribution >= 4 is 17.3 Å². The minimum absolute atomic E-state index is 0.123. The van der Waals surface area contributed by atoms with Gasteiger partial charge >= 0.3 is 0 Å². The third-order valence-corrected chi connectivity index (χ3v) is 6.93. The monoisotopic (exact) mass is 400 g/mol. The van der Waals surface area contributed by atoms with Crippen LogP contribution in [-0.2, 0) is 4.79 Å². The topological polar surface area (TPSA) is 52.6 Å². The van der Waals surface area contributed by atoms with Gasteiger partial charge < -0.3 is 15.3 Å². The van der Waals surface area contributed by atoms with Gasteiger partial charge in [-0.05, 0) is 88.5 Å². The molecule has 0 radical (unpaired) electrons. The van der Waals surface area contributed by atoms with E-state index < -0.39 is 5.60 Å². The molecule has 2 unspecified atom stereocenters. The molecule has 0 spiro atoms. The van der Waals surface area contributed by atoms with Gasteiger partial charge in [0.05, 0.1) is 5.60 Å². The lowest BCUT2D eigenvalue weighted by Crippen LogP contribution is -2.32. The summed E-state index contributed by atoms with van der Waals surface area (Å²) in [6.07, 6.45) is 12.4. The first kappa shape index (κ1) is 22.1. The van der Waals surface area contributed by atoms with Crippen LogP contribution in [0.2, 0.25) is 0 Å². The molecule has 1 aliphatic carbocycles. The number of carbonyl (C=O) groups is 1. The van der Waals surface area contributed by atoms with Crippen LogP contribution in [0.15, 0.2) is 24.3 Å².